The van der Waals surface area contributed by atoms with Crippen LogP contribution in [0, 0.1) is 0 Å². The molecule has 1 saturated heterocycles. The summed E-state index contributed by atoms with van der Waals surface area (Å²) in [6, 6.07) is 14.6. The first-order chi connectivity index (χ1) is 18.2. The molecule has 3 aromatic rings. The molecule has 0 unspecified atom stereocenters. The van der Waals surface area contributed by atoms with Gasteiger partial charge in [-0.1, -0.05) is 76.3 Å². The van der Waals surface area contributed by atoms with Crippen LogP contribution in [0.25, 0.3) is 16.8 Å². The maximum atomic E-state index is 13.7. The molecule has 0 saturated carbocycles. The average Bonchev–Trinajstić information content (AvgIpc) is 3.31. The normalized spacial score (nSPS) is 14.3. The van der Waals surface area contributed by atoms with Gasteiger partial charge in [0.2, 0.25) is 0 Å². The minimum Gasteiger partial charge on any atom is -0.339 e. The van der Waals surface area contributed by atoms with Gasteiger partial charge in [0.05, 0.1) is 11.2 Å². The van der Waals surface area contributed by atoms with Gasteiger partial charge in [-0.25, -0.2) is 4.52 Å². The van der Waals surface area contributed by atoms with Crippen molar-refractivity contribution in [2.45, 2.75) is 84.5 Å². The number of pyridine rings is 1. The Morgan fingerprint density at radius 1 is 0.892 bits per heavy atom. The Morgan fingerprint density at radius 2 is 1.59 bits per heavy atom. The Kier molecular flexibility index (Phi) is 10.6. The highest BCUT2D eigenvalue weighted by molar-refractivity contribution is 5.95. The summed E-state index contributed by atoms with van der Waals surface area (Å²) in [5, 5.41) is 4.99. The first-order valence-electron chi connectivity index (χ1n) is 14.8. The average molecular weight is 503 g/mol. The van der Waals surface area contributed by atoms with Gasteiger partial charge in [-0.3, -0.25) is 4.79 Å². The van der Waals surface area contributed by atoms with Gasteiger partial charge in [0, 0.05) is 36.0 Å². The van der Waals surface area contributed by atoms with Crippen molar-refractivity contribution in [2.75, 3.05) is 32.7 Å². The number of carbonyl (C=O) groups excluding carboxylic acids is 1. The van der Waals surface area contributed by atoms with Gasteiger partial charge in [-0.05, 0) is 70.3 Å². The van der Waals surface area contributed by atoms with E-state index in [4.69, 9.17) is 5.10 Å². The number of rotatable bonds is 14. The molecule has 2 aromatic heterocycles. The van der Waals surface area contributed by atoms with E-state index >= 15 is 0 Å². The lowest BCUT2D eigenvalue weighted by atomic mass is 10.0. The van der Waals surface area contributed by atoms with Crippen molar-refractivity contribution in [1.29, 1.82) is 0 Å². The topological polar surface area (TPSA) is 40.9 Å². The highest BCUT2D eigenvalue weighted by Gasteiger charge is 2.20. The number of amides is 1. The molecule has 1 aliphatic rings. The van der Waals surface area contributed by atoms with Gasteiger partial charge >= 0.3 is 0 Å². The van der Waals surface area contributed by atoms with Crippen molar-refractivity contribution in [2.24, 2.45) is 0 Å². The van der Waals surface area contributed by atoms with Gasteiger partial charge < -0.3 is 9.80 Å². The fourth-order valence-electron chi connectivity index (χ4n) is 5.57. The second-order valence-corrected chi connectivity index (χ2v) is 10.7. The number of unbranched alkanes of at least 4 members (excludes halogenated alkanes) is 4. The summed E-state index contributed by atoms with van der Waals surface area (Å²) in [6.07, 6.45) is 14.9. The third-order valence-electron chi connectivity index (χ3n) is 7.73. The van der Waals surface area contributed by atoms with Crippen molar-refractivity contribution in [3.63, 3.8) is 0 Å². The molecule has 0 N–H and O–H groups in total. The van der Waals surface area contributed by atoms with Crippen molar-refractivity contribution in [1.82, 2.24) is 19.4 Å². The van der Waals surface area contributed by atoms with E-state index in [1.54, 1.807) is 0 Å². The molecule has 3 heterocycles. The largest absolute Gasteiger partial charge is 0.339 e. The van der Waals surface area contributed by atoms with E-state index in [9.17, 15) is 4.79 Å². The van der Waals surface area contributed by atoms with Crippen LogP contribution in [0.1, 0.15) is 94.0 Å². The molecule has 5 heteroatoms. The number of hydrogen-bond donors (Lipinski definition) is 0. The molecule has 1 aromatic carbocycles. The summed E-state index contributed by atoms with van der Waals surface area (Å²) in [5.74, 6) is 0.163. The Hall–Kier alpha value is -2.66. The van der Waals surface area contributed by atoms with Crippen molar-refractivity contribution in [3.8, 4) is 11.3 Å². The minimum atomic E-state index is 0.163. The third-order valence-corrected chi connectivity index (χ3v) is 7.73. The van der Waals surface area contributed by atoms with Crippen LogP contribution < -0.4 is 0 Å². The molecule has 5 nitrogen and oxygen atoms in total. The predicted octanol–water partition coefficient (Wildman–Crippen LogP) is 7.24. The zero-order chi connectivity index (χ0) is 25.9. The number of likely N-dealkylation sites (tertiary alicyclic amines) is 1. The number of nitrogens with zero attached hydrogens (tertiary/aromatic N) is 4. The lowest BCUT2D eigenvalue weighted by Gasteiger charge is -2.26. The van der Waals surface area contributed by atoms with Crippen LogP contribution in [-0.4, -0.2) is 58.0 Å². The number of carbonyl (C=O) groups is 1. The van der Waals surface area contributed by atoms with Crippen LogP contribution in [-0.2, 0) is 6.42 Å². The lowest BCUT2D eigenvalue weighted by Crippen LogP contribution is -2.33. The van der Waals surface area contributed by atoms with Crippen molar-refractivity contribution < 1.29 is 4.79 Å². The van der Waals surface area contributed by atoms with Crippen LogP contribution in [0.2, 0.25) is 0 Å². The smallest absolute Gasteiger partial charge is 0.253 e. The highest BCUT2D eigenvalue weighted by Crippen LogP contribution is 2.28. The fourth-order valence-corrected chi connectivity index (χ4v) is 5.57. The summed E-state index contributed by atoms with van der Waals surface area (Å²) >= 11 is 0. The molecule has 1 aliphatic heterocycles. The Labute approximate surface area is 223 Å². The first kappa shape index (κ1) is 27.4. The number of aryl methyl sites for hydroxylation is 1. The molecule has 0 aliphatic carbocycles. The second kappa shape index (κ2) is 14.3. The van der Waals surface area contributed by atoms with Crippen LogP contribution in [0.5, 0.6) is 0 Å². The first-order valence-corrected chi connectivity index (χ1v) is 14.8. The molecular weight excluding hydrogens is 456 g/mol. The summed E-state index contributed by atoms with van der Waals surface area (Å²) in [6.45, 7) is 9.71. The van der Waals surface area contributed by atoms with E-state index in [0.717, 1.165) is 67.7 Å². The van der Waals surface area contributed by atoms with Crippen LogP contribution in [0.4, 0.5) is 0 Å². The molecule has 0 bridgehead atoms. The number of fused-ring (bicyclic) bond motifs is 1. The van der Waals surface area contributed by atoms with Crippen LogP contribution in [0.15, 0.2) is 48.7 Å². The Balaban J connectivity index is 1.60. The summed E-state index contributed by atoms with van der Waals surface area (Å²) in [4.78, 5) is 18.4. The van der Waals surface area contributed by atoms with Crippen LogP contribution in [0.3, 0.4) is 0 Å². The quantitative estimate of drug-likeness (QED) is 0.218. The molecule has 200 valence electrons. The maximum absolute atomic E-state index is 13.7. The number of hydrogen-bond acceptors (Lipinski definition) is 3. The van der Waals surface area contributed by atoms with E-state index in [1.807, 2.05) is 16.8 Å². The van der Waals surface area contributed by atoms with E-state index in [2.05, 4.69) is 60.0 Å². The Bertz CT molecular complexity index is 1090. The van der Waals surface area contributed by atoms with E-state index in [-0.39, 0.29) is 5.91 Å². The van der Waals surface area contributed by atoms with Gasteiger partial charge in [0.25, 0.3) is 5.91 Å². The summed E-state index contributed by atoms with van der Waals surface area (Å²) in [7, 11) is 0. The summed E-state index contributed by atoms with van der Waals surface area (Å²) in [5.41, 5.74) is 5.32. The third kappa shape index (κ3) is 7.44. The highest BCUT2D eigenvalue weighted by atomic mass is 16.2. The van der Waals surface area contributed by atoms with E-state index in [1.165, 1.54) is 63.6 Å². The van der Waals surface area contributed by atoms with Gasteiger partial charge in [0.15, 0.2) is 0 Å². The van der Waals surface area contributed by atoms with Gasteiger partial charge in [0.1, 0.15) is 0 Å². The molecule has 37 heavy (non-hydrogen) atoms. The van der Waals surface area contributed by atoms with E-state index in [0.29, 0.717) is 0 Å². The second-order valence-electron chi connectivity index (χ2n) is 10.7. The lowest BCUT2D eigenvalue weighted by molar-refractivity contribution is 0.0749. The van der Waals surface area contributed by atoms with Crippen LogP contribution >= 0.6 is 0 Å². The molecular formula is C32H46N4O. The molecule has 4 rings (SSSR count). The predicted molar refractivity (Wildman–Crippen MR) is 154 cm³/mol. The zero-order valence-electron chi connectivity index (χ0n) is 23.1. The summed E-state index contributed by atoms with van der Waals surface area (Å²) < 4.78 is 1.98. The fraction of sp³-hybridized carbons (Fsp3) is 0.562. The molecule has 1 fully saturated rings. The molecule has 0 spiro atoms. The Morgan fingerprint density at radius 3 is 2.27 bits per heavy atom. The standard InChI is InChI=1S/C32H46N4O/c1-3-5-11-23-35(24-12-6-4-2)32(37)28-19-25-36-30(26-28)29(18-15-22-34-20-13-8-14-21-34)31(33-36)27-16-9-7-10-17-27/h7,9-10,16-17,19,25-26H,3-6,8,11-15,18,20-24H2,1-2H3. The molecule has 0 radical (unpaired) electrons. The van der Waals surface area contributed by atoms with Crippen molar-refractivity contribution >= 4 is 11.4 Å². The number of benzene rings is 1. The van der Waals surface area contributed by atoms with Gasteiger partial charge in [-0.15, -0.1) is 0 Å². The number of aromatic nitrogens is 2. The van der Waals surface area contributed by atoms with Crippen molar-refractivity contribution in [3.05, 3.63) is 59.8 Å². The monoisotopic (exact) mass is 502 g/mol. The van der Waals surface area contributed by atoms with Gasteiger partial charge in [-0.2, -0.15) is 5.10 Å². The minimum absolute atomic E-state index is 0.163. The maximum Gasteiger partial charge on any atom is 0.253 e. The van der Waals surface area contributed by atoms with E-state index < -0.39 is 0 Å². The molecule has 0 atom stereocenters. The molecule has 1 amide bonds. The SMILES string of the molecule is CCCCCN(CCCCC)C(=O)c1ccn2nc(-c3ccccc3)c(CCCN3CCCCC3)c2c1. The number of piperidine rings is 1. The zero-order valence-corrected chi connectivity index (χ0v) is 23.1.